The van der Waals surface area contributed by atoms with Crippen molar-refractivity contribution in [2.24, 2.45) is 0 Å². The second-order valence-electron chi connectivity index (χ2n) is 15.3. The summed E-state index contributed by atoms with van der Waals surface area (Å²) in [5.41, 5.74) is 0. The normalized spacial score (nSPS) is 12.4. The van der Waals surface area contributed by atoms with Crippen molar-refractivity contribution in [1.29, 1.82) is 0 Å². The summed E-state index contributed by atoms with van der Waals surface area (Å²) < 4.78 is 16.6. The van der Waals surface area contributed by atoms with Gasteiger partial charge >= 0.3 is 17.9 Å². The minimum atomic E-state index is -0.804. The molecule has 0 aliphatic heterocycles. The maximum absolute atomic E-state index is 12.7. The van der Waals surface area contributed by atoms with Gasteiger partial charge in [-0.2, -0.15) is 0 Å². The first-order chi connectivity index (χ1) is 27.0. The molecule has 0 aliphatic carbocycles. The SMILES string of the molecule is CC/C=C\C/C=C\C/C=C\C/C=C\CCC(=O)OC(COC(=O)CCCCCCCCCC)COC(=O)CCCCCCCCCCCCCCCCCC. The van der Waals surface area contributed by atoms with Crippen LogP contribution in [0, 0.1) is 0 Å². The molecule has 0 amide bonds. The minimum absolute atomic E-state index is 0.0988. The average Bonchev–Trinajstić information content (AvgIpc) is 3.18. The second-order valence-corrected chi connectivity index (χ2v) is 15.3. The lowest BCUT2D eigenvalue weighted by atomic mass is 10.0. The predicted molar refractivity (Wildman–Crippen MR) is 233 cm³/mol. The monoisotopic (exact) mass is 771 g/mol. The van der Waals surface area contributed by atoms with E-state index in [1.165, 1.54) is 116 Å². The Morgan fingerprint density at radius 2 is 0.709 bits per heavy atom. The van der Waals surface area contributed by atoms with Crippen LogP contribution in [0.15, 0.2) is 48.6 Å². The molecule has 6 heteroatoms. The summed E-state index contributed by atoms with van der Waals surface area (Å²) in [5.74, 6) is -0.983. The summed E-state index contributed by atoms with van der Waals surface area (Å²) in [7, 11) is 0. The van der Waals surface area contributed by atoms with Crippen LogP contribution in [0.3, 0.4) is 0 Å². The first-order valence-corrected chi connectivity index (χ1v) is 23.1. The molecule has 0 N–H and O–H groups in total. The Kier molecular flexibility index (Phi) is 42.0. The zero-order valence-electron chi connectivity index (χ0n) is 36.2. The van der Waals surface area contributed by atoms with Crippen molar-refractivity contribution in [2.75, 3.05) is 13.2 Å². The Balaban J connectivity index is 4.38. The third-order valence-corrected chi connectivity index (χ3v) is 9.86. The summed E-state index contributed by atoms with van der Waals surface area (Å²) in [6, 6.07) is 0. The van der Waals surface area contributed by atoms with Gasteiger partial charge in [-0.25, -0.2) is 0 Å². The Morgan fingerprint density at radius 3 is 1.07 bits per heavy atom. The number of carbonyl (C=O) groups is 3. The minimum Gasteiger partial charge on any atom is -0.462 e. The molecule has 0 aromatic rings. The van der Waals surface area contributed by atoms with Crippen molar-refractivity contribution < 1.29 is 28.6 Å². The summed E-state index contributed by atoms with van der Waals surface area (Å²) in [4.78, 5) is 37.6. The third-order valence-electron chi connectivity index (χ3n) is 9.86. The molecule has 0 fully saturated rings. The van der Waals surface area contributed by atoms with Crippen molar-refractivity contribution in [3.63, 3.8) is 0 Å². The van der Waals surface area contributed by atoms with E-state index in [0.717, 1.165) is 64.2 Å². The highest BCUT2D eigenvalue weighted by Crippen LogP contribution is 2.15. The molecule has 0 aliphatic rings. The van der Waals surface area contributed by atoms with E-state index >= 15 is 0 Å². The van der Waals surface area contributed by atoms with Crippen LogP contribution in [0.2, 0.25) is 0 Å². The van der Waals surface area contributed by atoms with E-state index in [2.05, 4.69) is 57.2 Å². The van der Waals surface area contributed by atoms with Crippen LogP contribution >= 0.6 is 0 Å². The zero-order valence-corrected chi connectivity index (χ0v) is 36.2. The summed E-state index contributed by atoms with van der Waals surface area (Å²) >= 11 is 0. The standard InChI is InChI=1S/C49H86O6/c1-4-7-10-13-16-19-21-23-24-25-27-28-30-33-36-39-42-48(51)54-45-46(44-53-47(50)41-38-35-32-18-15-12-9-6-3)55-49(52)43-40-37-34-31-29-26-22-20-17-14-11-8-5-2/h8,11,17,20,26,29,34,37,46H,4-7,9-10,12-16,18-19,21-25,27-28,30-33,35-36,38-45H2,1-3H3/b11-8-,20-17-,29-26-,37-34-. The molecule has 0 bridgehead atoms. The highest BCUT2D eigenvalue weighted by Gasteiger charge is 2.19. The van der Waals surface area contributed by atoms with Crippen molar-refractivity contribution in [3.8, 4) is 0 Å². The van der Waals surface area contributed by atoms with Crippen molar-refractivity contribution in [1.82, 2.24) is 0 Å². The molecule has 0 saturated carbocycles. The summed E-state index contributed by atoms with van der Waals surface area (Å²) in [5, 5.41) is 0. The van der Waals surface area contributed by atoms with Crippen molar-refractivity contribution in [2.45, 2.75) is 232 Å². The average molecular weight is 771 g/mol. The number of ether oxygens (including phenoxy) is 3. The number of esters is 3. The van der Waals surface area contributed by atoms with Gasteiger partial charge in [-0.1, -0.05) is 211 Å². The fourth-order valence-corrected chi connectivity index (χ4v) is 6.40. The third kappa shape index (κ3) is 42.4. The predicted octanol–water partition coefficient (Wildman–Crippen LogP) is 14.8. The molecule has 0 heterocycles. The molecular formula is C49H86O6. The van der Waals surface area contributed by atoms with Gasteiger partial charge in [0.15, 0.2) is 6.10 Å². The van der Waals surface area contributed by atoms with E-state index in [1.54, 1.807) is 0 Å². The van der Waals surface area contributed by atoms with Gasteiger partial charge in [0.25, 0.3) is 0 Å². The number of hydrogen-bond donors (Lipinski definition) is 0. The molecule has 0 radical (unpaired) electrons. The zero-order chi connectivity index (χ0) is 40.1. The second kappa shape index (κ2) is 44.1. The molecular weight excluding hydrogens is 685 g/mol. The number of rotatable bonds is 41. The van der Waals surface area contributed by atoms with E-state index in [-0.39, 0.29) is 37.5 Å². The van der Waals surface area contributed by atoms with Crippen molar-refractivity contribution in [3.05, 3.63) is 48.6 Å². The lowest BCUT2D eigenvalue weighted by molar-refractivity contribution is -0.166. The Labute approximate surface area is 339 Å². The first kappa shape index (κ1) is 52.4. The maximum Gasteiger partial charge on any atom is 0.306 e. The largest absolute Gasteiger partial charge is 0.462 e. The molecule has 0 rings (SSSR count). The molecule has 0 aromatic carbocycles. The van der Waals surface area contributed by atoms with E-state index in [4.69, 9.17) is 14.2 Å². The molecule has 0 aromatic heterocycles. The van der Waals surface area contributed by atoms with Gasteiger partial charge in [0.2, 0.25) is 0 Å². The topological polar surface area (TPSA) is 78.9 Å². The van der Waals surface area contributed by atoms with Gasteiger partial charge < -0.3 is 14.2 Å². The number of hydrogen-bond acceptors (Lipinski definition) is 6. The van der Waals surface area contributed by atoms with Crippen LogP contribution in [0.1, 0.15) is 226 Å². The highest BCUT2D eigenvalue weighted by atomic mass is 16.6. The van der Waals surface area contributed by atoms with Crippen LogP contribution in [-0.4, -0.2) is 37.2 Å². The fourth-order valence-electron chi connectivity index (χ4n) is 6.40. The number of unbranched alkanes of at least 4 members (excludes halogenated alkanes) is 22. The van der Waals surface area contributed by atoms with Crippen LogP contribution in [0.4, 0.5) is 0 Å². The molecule has 318 valence electrons. The number of carbonyl (C=O) groups excluding carboxylic acids is 3. The van der Waals surface area contributed by atoms with Crippen LogP contribution in [-0.2, 0) is 28.6 Å². The Hall–Kier alpha value is -2.63. The molecule has 0 spiro atoms. The van der Waals surface area contributed by atoms with Gasteiger partial charge in [0.1, 0.15) is 13.2 Å². The lowest BCUT2D eigenvalue weighted by Gasteiger charge is -2.18. The fraction of sp³-hybridized carbons (Fsp3) is 0.776. The molecule has 6 nitrogen and oxygen atoms in total. The smallest absolute Gasteiger partial charge is 0.306 e. The van der Waals surface area contributed by atoms with Crippen molar-refractivity contribution >= 4 is 17.9 Å². The Morgan fingerprint density at radius 1 is 0.382 bits per heavy atom. The molecule has 1 atom stereocenters. The summed E-state index contributed by atoms with van der Waals surface area (Å²) in [6.07, 6.45) is 51.2. The van der Waals surface area contributed by atoms with E-state index < -0.39 is 6.10 Å². The van der Waals surface area contributed by atoms with Gasteiger partial charge in [-0.3, -0.25) is 14.4 Å². The number of allylic oxidation sites excluding steroid dienone is 8. The lowest BCUT2D eigenvalue weighted by Crippen LogP contribution is -2.30. The maximum atomic E-state index is 12.7. The molecule has 1 unspecified atom stereocenters. The van der Waals surface area contributed by atoms with E-state index in [0.29, 0.717) is 19.3 Å². The molecule has 0 saturated heterocycles. The van der Waals surface area contributed by atoms with Crippen LogP contribution in [0.5, 0.6) is 0 Å². The quantitative estimate of drug-likeness (QED) is 0.0267. The van der Waals surface area contributed by atoms with Crippen LogP contribution in [0.25, 0.3) is 0 Å². The van der Waals surface area contributed by atoms with Gasteiger partial charge in [0.05, 0.1) is 0 Å². The van der Waals surface area contributed by atoms with E-state index in [9.17, 15) is 14.4 Å². The van der Waals surface area contributed by atoms with Crippen LogP contribution < -0.4 is 0 Å². The molecule has 55 heavy (non-hydrogen) atoms. The summed E-state index contributed by atoms with van der Waals surface area (Å²) in [6.45, 7) is 6.43. The Bertz CT molecular complexity index is 980. The highest BCUT2D eigenvalue weighted by molar-refractivity contribution is 5.71. The van der Waals surface area contributed by atoms with Gasteiger partial charge in [-0.05, 0) is 44.9 Å². The first-order valence-electron chi connectivity index (χ1n) is 23.1. The van der Waals surface area contributed by atoms with E-state index in [1.807, 2.05) is 12.2 Å². The van der Waals surface area contributed by atoms with Gasteiger partial charge in [-0.15, -0.1) is 0 Å². The van der Waals surface area contributed by atoms with Gasteiger partial charge in [0, 0.05) is 19.3 Å².